The molecule has 1 atom stereocenters. The zero-order valence-electron chi connectivity index (χ0n) is 14.9. The molecule has 2 N–H and O–H groups in total. The summed E-state index contributed by atoms with van der Waals surface area (Å²) in [6.45, 7) is 4.33. The van der Waals surface area contributed by atoms with Crippen molar-refractivity contribution in [1.82, 2.24) is 10.6 Å². The number of fused-ring (bicyclic) bond motifs is 1. The average Bonchev–Trinajstić information content (AvgIpc) is 2.62. The van der Waals surface area contributed by atoms with Crippen molar-refractivity contribution in [2.24, 2.45) is 0 Å². The van der Waals surface area contributed by atoms with E-state index in [-0.39, 0.29) is 17.7 Å². The predicted octanol–water partition coefficient (Wildman–Crippen LogP) is 4.70. The summed E-state index contributed by atoms with van der Waals surface area (Å²) in [5, 5.41) is 6.39. The van der Waals surface area contributed by atoms with E-state index in [1.807, 2.05) is 18.2 Å². The third-order valence-electron chi connectivity index (χ3n) is 5.73. The van der Waals surface area contributed by atoms with Crippen molar-refractivity contribution in [1.29, 1.82) is 0 Å². The molecular weight excluding hydrogens is 300 g/mol. The summed E-state index contributed by atoms with van der Waals surface area (Å²) < 4.78 is 6.31. The zero-order chi connectivity index (χ0) is 17.0. The molecule has 132 valence electrons. The van der Waals surface area contributed by atoms with Crippen LogP contribution in [0.3, 0.4) is 0 Å². The van der Waals surface area contributed by atoms with Crippen LogP contribution in [0.1, 0.15) is 76.8 Å². The van der Waals surface area contributed by atoms with E-state index in [0.717, 1.165) is 43.4 Å². The number of benzene rings is 1. The van der Waals surface area contributed by atoms with Gasteiger partial charge in [-0.3, -0.25) is 0 Å². The number of amides is 2. The Morgan fingerprint density at radius 3 is 2.54 bits per heavy atom. The molecule has 1 aliphatic heterocycles. The summed E-state index contributed by atoms with van der Waals surface area (Å²) in [5.74, 6) is 0.912. The topological polar surface area (TPSA) is 50.4 Å². The van der Waals surface area contributed by atoms with Gasteiger partial charge in [0, 0.05) is 18.0 Å². The van der Waals surface area contributed by atoms with E-state index in [1.54, 1.807) is 0 Å². The van der Waals surface area contributed by atoms with Crippen LogP contribution in [0.2, 0.25) is 0 Å². The second-order valence-corrected chi connectivity index (χ2v) is 7.24. The Morgan fingerprint density at radius 1 is 1.12 bits per heavy atom. The van der Waals surface area contributed by atoms with E-state index in [9.17, 15) is 4.79 Å². The second-order valence-electron chi connectivity index (χ2n) is 7.24. The van der Waals surface area contributed by atoms with E-state index in [2.05, 4.69) is 30.5 Å². The molecule has 0 radical (unpaired) electrons. The number of carbonyl (C=O) groups excluding carboxylic acids is 1. The first-order valence-corrected chi connectivity index (χ1v) is 9.51. The highest BCUT2D eigenvalue weighted by Crippen LogP contribution is 2.42. The maximum Gasteiger partial charge on any atom is 0.315 e. The number of rotatable bonds is 4. The highest BCUT2D eigenvalue weighted by molar-refractivity contribution is 5.75. The standard InChI is InChI=1S/C20H30N2O2/c1-3-20(4-2)14-17(16-12-8-9-13-18(16)24-20)22-19(23)21-15-10-6-5-7-11-15/h8-9,12-13,15,17H,3-7,10-11,14H2,1-2H3,(H2,21,22,23)/t17-/m0/s1. The number of para-hydroxylation sites is 1. The van der Waals surface area contributed by atoms with Gasteiger partial charge in [0.1, 0.15) is 11.4 Å². The molecule has 1 heterocycles. The molecule has 2 aliphatic rings. The van der Waals surface area contributed by atoms with Crippen molar-refractivity contribution in [2.45, 2.75) is 82.9 Å². The van der Waals surface area contributed by atoms with Crippen LogP contribution in [-0.4, -0.2) is 17.7 Å². The van der Waals surface area contributed by atoms with Gasteiger partial charge < -0.3 is 15.4 Å². The summed E-state index contributed by atoms with van der Waals surface area (Å²) in [5.41, 5.74) is 0.908. The monoisotopic (exact) mass is 330 g/mol. The van der Waals surface area contributed by atoms with Crippen LogP contribution in [0.15, 0.2) is 24.3 Å². The molecule has 1 saturated carbocycles. The summed E-state index contributed by atoms with van der Waals surface area (Å²) in [7, 11) is 0. The molecule has 0 aromatic heterocycles. The van der Waals surface area contributed by atoms with Gasteiger partial charge in [-0.05, 0) is 31.7 Å². The summed E-state index contributed by atoms with van der Waals surface area (Å²) >= 11 is 0. The first-order chi connectivity index (χ1) is 11.7. The van der Waals surface area contributed by atoms with Crippen LogP contribution in [0.5, 0.6) is 5.75 Å². The van der Waals surface area contributed by atoms with Gasteiger partial charge >= 0.3 is 6.03 Å². The van der Waals surface area contributed by atoms with Crippen molar-refractivity contribution < 1.29 is 9.53 Å². The van der Waals surface area contributed by atoms with Crippen molar-refractivity contribution in [3.05, 3.63) is 29.8 Å². The third-order valence-corrected chi connectivity index (χ3v) is 5.73. The third kappa shape index (κ3) is 3.68. The van der Waals surface area contributed by atoms with Gasteiger partial charge in [-0.1, -0.05) is 51.3 Å². The van der Waals surface area contributed by atoms with Gasteiger partial charge in [-0.25, -0.2) is 4.79 Å². The molecular formula is C20H30N2O2. The minimum atomic E-state index is -0.183. The lowest BCUT2D eigenvalue weighted by Crippen LogP contribution is -2.48. The van der Waals surface area contributed by atoms with Crippen molar-refractivity contribution in [3.8, 4) is 5.75 Å². The fourth-order valence-corrected chi connectivity index (χ4v) is 4.06. The Morgan fingerprint density at radius 2 is 1.83 bits per heavy atom. The number of nitrogens with one attached hydrogen (secondary N) is 2. The van der Waals surface area contributed by atoms with E-state index in [4.69, 9.17) is 4.74 Å². The van der Waals surface area contributed by atoms with Gasteiger partial charge in [0.25, 0.3) is 0 Å². The van der Waals surface area contributed by atoms with E-state index in [0.29, 0.717) is 6.04 Å². The Labute approximate surface area is 145 Å². The number of hydrogen-bond acceptors (Lipinski definition) is 2. The Balaban J connectivity index is 1.72. The molecule has 1 aromatic carbocycles. The Bertz CT molecular complexity index is 563. The minimum Gasteiger partial charge on any atom is -0.487 e. The lowest BCUT2D eigenvalue weighted by atomic mass is 9.83. The maximum absolute atomic E-state index is 12.5. The van der Waals surface area contributed by atoms with E-state index < -0.39 is 0 Å². The van der Waals surface area contributed by atoms with Crippen molar-refractivity contribution in [2.75, 3.05) is 0 Å². The lowest BCUT2D eigenvalue weighted by molar-refractivity contribution is 0.0244. The van der Waals surface area contributed by atoms with E-state index in [1.165, 1.54) is 19.3 Å². The Hall–Kier alpha value is -1.71. The van der Waals surface area contributed by atoms with Gasteiger partial charge in [-0.2, -0.15) is 0 Å². The molecule has 0 saturated heterocycles. The van der Waals surface area contributed by atoms with Crippen LogP contribution in [0, 0.1) is 0 Å². The van der Waals surface area contributed by atoms with Crippen LogP contribution in [0.4, 0.5) is 4.79 Å². The van der Waals surface area contributed by atoms with Crippen LogP contribution in [-0.2, 0) is 0 Å². The molecule has 0 bridgehead atoms. The molecule has 1 aromatic rings. The van der Waals surface area contributed by atoms with Gasteiger partial charge in [0.15, 0.2) is 0 Å². The SMILES string of the molecule is CCC1(CC)C[C@H](NC(=O)NC2CCCCC2)c2ccccc2O1. The predicted molar refractivity (Wildman–Crippen MR) is 96.3 cm³/mol. The average molecular weight is 330 g/mol. The molecule has 1 aliphatic carbocycles. The minimum absolute atomic E-state index is 0.0124. The molecule has 24 heavy (non-hydrogen) atoms. The molecule has 0 unspecified atom stereocenters. The molecule has 0 spiro atoms. The normalized spacial score (nSPS) is 23.0. The molecule has 3 rings (SSSR count). The summed E-state index contributed by atoms with van der Waals surface area (Å²) in [4.78, 5) is 12.5. The smallest absolute Gasteiger partial charge is 0.315 e. The molecule has 4 nitrogen and oxygen atoms in total. The van der Waals surface area contributed by atoms with Crippen LogP contribution in [0.25, 0.3) is 0 Å². The Kier molecular flexibility index (Phi) is 5.32. The number of urea groups is 1. The molecule has 1 fully saturated rings. The first kappa shape index (κ1) is 17.1. The van der Waals surface area contributed by atoms with Crippen molar-refractivity contribution in [3.63, 3.8) is 0 Å². The number of carbonyl (C=O) groups is 1. The summed E-state index contributed by atoms with van der Waals surface area (Å²) in [6, 6.07) is 8.40. The summed E-state index contributed by atoms with van der Waals surface area (Å²) in [6.07, 6.45) is 8.66. The molecule has 2 amide bonds. The fourth-order valence-electron chi connectivity index (χ4n) is 4.06. The lowest BCUT2D eigenvalue weighted by Gasteiger charge is -2.41. The highest BCUT2D eigenvalue weighted by atomic mass is 16.5. The maximum atomic E-state index is 12.5. The van der Waals surface area contributed by atoms with E-state index >= 15 is 0 Å². The zero-order valence-corrected chi connectivity index (χ0v) is 14.9. The number of hydrogen-bond donors (Lipinski definition) is 2. The van der Waals surface area contributed by atoms with Gasteiger partial charge in [0.05, 0.1) is 6.04 Å². The van der Waals surface area contributed by atoms with Crippen LogP contribution < -0.4 is 15.4 Å². The number of ether oxygens (including phenoxy) is 1. The van der Waals surface area contributed by atoms with Gasteiger partial charge in [0.2, 0.25) is 0 Å². The highest BCUT2D eigenvalue weighted by Gasteiger charge is 2.39. The first-order valence-electron chi connectivity index (χ1n) is 9.51. The van der Waals surface area contributed by atoms with Crippen LogP contribution >= 0.6 is 0 Å². The van der Waals surface area contributed by atoms with Gasteiger partial charge in [-0.15, -0.1) is 0 Å². The van der Waals surface area contributed by atoms with Crippen molar-refractivity contribution >= 4 is 6.03 Å². The second kappa shape index (κ2) is 7.45. The molecule has 4 heteroatoms. The quantitative estimate of drug-likeness (QED) is 0.840. The largest absolute Gasteiger partial charge is 0.487 e. The fraction of sp³-hybridized carbons (Fsp3) is 0.650.